The van der Waals surface area contributed by atoms with E-state index < -0.39 is 0 Å². The maximum atomic E-state index is 13.1. The van der Waals surface area contributed by atoms with Crippen molar-refractivity contribution in [2.45, 2.75) is 48.9 Å². The first kappa shape index (κ1) is 19.8. The number of rotatable bonds is 4. The van der Waals surface area contributed by atoms with E-state index in [2.05, 4.69) is 22.8 Å². The number of thiazole rings is 1. The Morgan fingerprint density at radius 3 is 2.87 bits per heavy atom. The molecule has 1 amide bonds. The summed E-state index contributed by atoms with van der Waals surface area (Å²) < 4.78 is 1.73. The highest BCUT2D eigenvalue weighted by molar-refractivity contribution is 8.00. The molecule has 2 aromatic heterocycles. The van der Waals surface area contributed by atoms with Crippen LogP contribution in [0, 0.1) is 24.7 Å². The summed E-state index contributed by atoms with van der Waals surface area (Å²) in [7, 11) is 0. The predicted octanol–water partition coefficient (Wildman–Crippen LogP) is 5.57. The lowest BCUT2D eigenvalue weighted by molar-refractivity contribution is -0.116. The van der Waals surface area contributed by atoms with Crippen LogP contribution in [0.1, 0.15) is 40.5 Å². The van der Waals surface area contributed by atoms with Gasteiger partial charge in [0.05, 0.1) is 5.03 Å². The highest BCUT2D eigenvalue weighted by atomic mass is 32.2. The van der Waals surface area contributed by atoms with E-state index in [1.165, 1.54) is 40.4 Å². The molecule has 2 bridgehead atoms. The minimum Gasteiger partial charge on any atom is -0.325 e. The number of anilines is 1. The van der Waals surface area contributed by atoms with Gasteiger partial charge in [-0.15, -0.1) is 23.1 Å². The molecule has 3 heterocycles. The van der Waals surface area contributed by atoms with E-state index in [-0.39, 0.29) is 17.3 Å². The summed E-state index contributed by atoms with van der Waals surface area (Å²) in [5.74, 6) is 2.33. The van der Waals surface area contributed by atoms with Crippen LogP contribution in [0.15, 0.2) is 51.6 Å². The molecule has 5 atom stereocenters. The van der Waals surface area contributed by atoms with Gasteiger partial charge in [-0.1, -0.05) is 29.5 Å². The SMILES string of the molecule is Cc1cccc(NC(=O)Cn2c3c(sc2=O)[C@H](c2cccs2)C2C4CCC(C4)C2S3)c1. The third-order valence-corrected chi connectivity index (χ3v) is 10.9. The van der Waals surface area contributed by atoms with Crippen LogP contribution >= 0.6 is 34.4 Å². The highest BCUT2D eigenvalue weighted by Crippen LogP contribution is 2.64. The van der Waals surface area contributed by atoms with Crippen LogP contribution in [0.5, 0.6) is 0 Å². The molecule has 0 saturated heterocycles. The van der Waals surface area contributed by atoms with E-state index in [0.29, 0.717) is 17.1 Å². The van der Waals surface area contributed by atoms with Gasteiger partial charge in [0.2, 0.25) is 5.91 Å². The number of hydrogen-bond acceptors (Lipinski definition) is 5. The van der Waals surface area contributed by atoms with Crippen molar-refractivity contribution >= 4 is 46.0 Å². The first-order valence-corrected chi connectivity index (χ1v) is 13.5. The van der Waals surface area contributed by atoms with Crippen LogP contribution < -0.4 is 10.2 Å². The van der Waals surface area contributed by atoms with Crippen molar-refractivity contribution in [2.24, 2.45) is 17.8 Å². The number of amides is 1. The quantitative estimate of drug-likeness (QED) is 0.545. The molecule has 4 nitrogen and oxygen atoms in total. The zero-order valence-electron chi connectivity index (χ0n) is 17.2. The molecule has 1 aliphatic heterocycles. The number of carbonyl (C=O) groups excluding carboxylic acids is 1. The van der Waals surface area contributed by atoms with Crippen molar-refractivity contribution in [2.75, 3.05) is 5.32 Å². The normalized spacial score (nSPS) is 28.4. The number of thioether (sulfide) groups is 1. The predicted molar refractivity (Wildman–Crippen MR) is 129 cm³/mol. The van der Waals surface area contributed by atoms with Gasteiger partial charge in [-0.05, 0) is 73.1 Å². The third-order valence-electron chi connectivity index (χ3n) is 7.14. The van der Waals surface area contributed by atoms with Gasteiger partial charge in [-0.25, -0.2) is 0 Å². The van der Waals surface area contributed by atoms with E-state index in [1.54, 1.807) is 4.57 Å². The first-order chi connectivity index (χ1) is 15.1. The fourth-order valence-electron chi connectivity index (χ4n) is 5.94. The summed E-state index contributed by atoms with van der Waals surface area (Å²) in [6, 6.07) is 12.1. The molecule has 2 aliphatic carbocycles. The van der Waals surface area contributed by atoms with Crippen LogP contribution in [0.25, 0.3) is 0 Å². The zero-order chi connectivity index (χ0) is 21.1. The Hall–Kier alpha value is -1.83. The number of thiophene rings is 1. The molecular formula is C24H24N2O2S3. The van der Waals surface area contributed by atoms with E-state index in [1.807, 2.05) is 54.3 Å². The van der Waals surface area contributed by atoms with Crippen molar-refractivity contribution in [3.63, 3.8) is 0 Å². The second-order valence-electron chi connectivity index (χ2n) is 9.03. The standard InChI is InChI=1S/C24H24N2O2S3/c1-13-4-2-5-16(10-13)25-18(27)12-26-23-22(31-24(26)28)20(17-6-3-9-29-17)19-14-7-8-15(11-14)21(19)30-23/h2-6,9-10,14-15,19-21H,7-8,11-12H2,1H3,(H,25,27)/t14?,15?,19?,20-,21?/m1/s1. The number of nitrogens with one attached hydrogen (secondary N) is 1. The van der Waals surface area contributed by atoms with Crippen molar-refractivity contribution in [3.8, 4) is 0 Å². The third kappa shape index (κ3) is 3.33. The number of hydrogen-bond donors (Lipinski definition) is 1. The monoisotopic (exact) mass is 468 g/mol. The Morgan fingerprint density at radius 2 is 2.06 bits per heavy atom. The van der Waals surface area contributed by atoms with Crippen LogP contribution in [0.3, 0.4) is 0 Å². The number of fused-ring (bicyclic) bond motifs is 6. The first-order valence-electron chi connectivity index (χ1n) is 10.9. The van der Waals surface area contributed by atoms with Crippen LogP contribution in [0.2, 0.25) is 0 Å². The lowest BCUT2D eigenvalue weighted by atomic mass is 9.77. The highest BCUT2D eigenvalue weighted by Gasteiger charge is 2.55. The Kier molecular flexibility index (Phi) is 4.89. The summed E-state index contributed by atoms with van der Waals surface area (Å²) in [5.41, 5.74) is 1.87. The van der Waals surface area contributed by atoms with E-state index >= 15 is 0 Å². The molecule has 0 spiro atoms. The second-order valence-corrected chi connectivity index (χ2v) is 12.2. The van der Waals surface area contributed by atoms with Gasteiger partial charge in [0.25, 0.3) is 0 Å². The number of benzene rings is 1. The van der Waals surface area contributed by atoms with Crippen molar-refractivity contribution in [1.82, 2.24) is 4.57 Å². The van der Waals surface area contributed by atoms with Gasteiger partial charge in [0.15, 0.2) is 0 Å². The van der Waals surface area contributed by atoms with Gasteiger partial charge in [-0.2, -0.15) is 0 Å². The van der Waals surface area contributed by atoms with Gasteiger partial charge >= 0.3 is 4.87 Å². The fourth-order valence-corrected chi connectivity index (χ4v) is 10.1. The topological polar surface area (TPSA) is 51.1 Å². The number of carbonyl (C=O) groups is 1. The molecule has 3 aromatic rings. The average Bonchev–Trinajstić information content (AvgIpc) is 3.52. The van der Waals surface area contributed by atoms with Crippen molar-refractivity contribution in [1.29, 1.82) is 0 Å². The van der Waals surface area contributed by atoms with Gasteiger partial charge in [0.1, 0.15) is 6.54 Å². The van der Waals surface area contributed by atoms with Crippen LogP contribution in [-0.2, 0) is 11.3 Å². The Morgan fingerprint density at radius 1 is 1.19 bits per heavy atom. The number of nitrogens with zero attached hydrogens (tertiary/aromatic N) is 1. The van der Waals surface area contributed by atoms with Gasteiger partial charge in [0, 0.05) is 26.6 Å². The van der Waals surface area contributed by atoms with Crippen LogP contribution in [-0.4, -0.2) is 15.7 Å². The summed E-state index contributed by atoms with van der Waals surface area (Å²) in [6.45, 7) is 2.08. The van der Waals surface area contributed by atoms with Crippen molar-refractivity contribution < 1.29 is 4.79 Å². The Balaban J connectivity index is 1.35. The molecule has 0 radical (unpaired) electrons. The molecule has 2 saturated carbocycles. The summed E-state index contributed by atoms with van der Waals surface area (Å²) in [6.07, 6.45) is 3.98. The minimum atomic E-state index is -0.142. The molecule has 7 heteroatoms. The minimum absolute atomic E-state index is 0.00855. The lowest BCUT2D eigenvalue weighted by Gasteiger charge is -2.40. The molecular weight excluding hydrogens is 444 g/mol. The van der Waals surface area contributed by atoms with Gasteiger partial charge in [-0.3, -0.25) is 14.2 Å². The summed E-state index contributed by atoms with van der Waals surface area (Å²) in [4.78, 5) is 28.4. The molecule has 6 rings (SSSR count). The van der Waals surface area contributed by atoms with Gasteiger partial charge < -0.3 is 5.32 Å². The van der Waals surface area contributed by atoms with Crippen LogP contribution in [0.4, 0.5) is 5.69 Å². The molecule has 1 aromatic carbocycles. The molecule has 4 unspecified atom stereocenters. The summed E-state index contributed by atoms with van der Waals surface area (Å²) in [5, 5.41) is 6.72. The van der Waals surface area contributed by atoms with E-state index in [4.69, 9.17) is 0 Å². The summed E-state index contributed by atoms with van der Waals surface area (Å²) >= 11 is 5.06. The second kappa shape index (κ2) is 7.64. The maximum Gasteiger partial charge on any atom is 0.308 e. The average molecular weight is 469 g/mol. The Labute approximate surface area is 193 Å². The number of aromatic nitrogens is 1. The molecule has 1 N–H and O–H groups in total. The zero-order valence-corrected chi connectivity index (χ0v) is 19.7. The molecule has 3 aliphatic rings. The van der Waals surface area contributed by atoms with E-state index in [0.717, 1.165) is 28.1 Å². The largest absolute Gasteiger partial charge is 0.325 e. The molecule has 31 heavy (non-hydrogen) atoms. The van der Waals surface area contributed by atoms with Crippen molar-refractivity contribution in [3.05, 3.63) is 66.8 Å². The molecule has 2 fully saturated rings. The maximum absolute atomic E-state index is 13.1. The fraction of sp³-hybridized carbons (Fsp3) is 0.417. The molecule has 160 valence electrons. The lowest BCUT2D eigenvalue weighted by Crippen LogP contribution is -2.34. The smallest absolute Gasteiger partial charge is 0.308 e. The number of aryl methyl sites for hydroxylation is 1. The Bertz CT molecular complexity index is 1200. The van der Waals surface area contributed by atoms with E-state index in [9.17, 15) is 9.59 Å².